The van der Waals surface area contributed by atoms with Crippen LogP contribution in [0.5, 0.6) is 5.75 Å². The fraction of sp³-hybridized carbons (Fsp3) is 0.625. The van der Waals surface area contributed by atoms with Crippen molar-refractivity contribution >= 4 is 0 Å². The third-order valence-electron chi connectivity index (χ3n) is 3.69. The van der Waals surface area contributed by atoms with Crippen molar-refractivity contribution in [3.8, 4) is 5.75 Å². The third-order valence-corrected chi connectivity index (χ3v) is 3.69. The van der Waals surface area contributed by atoms with E-state index in [0.717, 1.165) is 13.1 Å². The molecule has 21 heavy (non-hydrogen) atoms. The zero-order valence-corrected chi connectivity index (χ0v) is 12.4. The number of hydrogen-bond donors (Lipinski definition) is 2. The highest BCUT2D eigenvalue weighted by atomic mass is 19.1. The highest BCUT2D eigenvalue weighted by molar-refractivity contribution is 5.22. The number of rotatable bonds is 8. The number of likely N-dealkylation sites (tertiary alicyclic amines) is 1. The number of aliphatic hydroxyl groups excluding tert-OH is 1. The van der Waals surface area contributed by atoms with Crippen molar-refractivity contribution in [2.24, 2.45) is 0 Å². The Morgan fingerprint density at radius 3 is 2.62 bits per heavy atom. The van der Waals surface area contributed by atoms with E-state index in [4.69, 9.17) is 4.74 Å². The molecule has 0 aromatic heterocycles. The normalized spacial score (nSPS) is 17.6. The van der Waals surface area contributed by atoms with E-state index in [1.54, 1.807) is 12.1 Å². The topological polar surface area (TPSA) is 44.7 Å². The lowest BCUT2D eigenvalue weighted by Gasteiger charge is -2.26. The maximum absolute atomic E-state index is 12.7. The predicted octanol–water partition coefficient (Wildman–Crippen LogP) is 1.64. The number of nitrogens with zero attached hydrogens (tertiary/aromatic N) is 1. The Hall–Kier alpha value is -1.17. The molecule has 118 valence electrons. The zero-order valence-electron chi connectivity index (χ0n) is 12.4. The minimum Gasteiger partial charge on any atom is -0.491 e. The lowest BCUT2D eigenvalue weighted by atomic mass is 10.1. The summed E-state index contributed by atoms with van der Waals surface area (Å²) in [6.07, 6.45) is 3.39. The molecule has 0 amide bonds. The zero-order chi connectivity index (χ0) is 14.9. The molecular formula is C16H25FN2O2. The lowest BCUT2D eigenvalue weighted by Crippen LogP contribution is -2.39. The Kier molecular flexibility index (Phi) is 6.92. The van der Waals surface area contributed by atoms with Crippen molar-refractivity contribution in [3.63, 3.8) is 0 Å². The number of benzene rings is 1. The van der Waals surface area contributed by atoms with Crippen molar-refractivity contribution in [1.29, 1.82) is 0 Å². The molecule has 0 spiro atoms. The van der Waals surface area contributed by atoms with Crippen LogP contribution in [-0.2, 0) is 0 Å². The molecule has 1 heterocycles. The Labute approximate surface area is 125 Å². The number of ether oxygens (including phenoxy) is 1. The molecule has 1 aliphatic rings. The van der Waals surface area contributed by atoms with Crippen LogP contribution in [0.25, 0.3) is 0 Å². The third kappa shape index (κ3) is 6.42. The highest BCUT2D eigenvalue weighted by Gasteiger charge is 2.10. The van der Waals surface area contributed by atoms with Crippen LogP contribution in [0.4, 0.5) is 4.39 Å². The number of piperidine rings is 1. The smallest absolute Gasteiger partial charge is 0.123 e. The van der Waals surface area contributed by atoms with Gasteiger partial charge in [0.05, 0.1) is 0 Å². The van der Waals surface area contributed by atoms with Gasteiger partial charge in [0.2, 0.25) is 0 Å². The van der Waals surface area contributed by atoms with E-state index in [0.29, 0.717) is 12.3 Å². The maximum Gasteiger partial charge on any atom is 0.123 e. The SMILES string of the molecule is OC(CNCCN1CCCCC1)COc1ccc(F)cc1. The van der Waals surface area contributed by atoms with Crippen molar-refractivity contribution in [2.75, 3.05) is 39.3 Å². The quantitative estimate of drug-likeness (QED) is 0.716. The van der Waals surface area contributed by atoms with Crippen LogP contribution in [0, 0.1) is 5.82 Å². The van der Waals surface area contributed by atoms with Gasteiger partial charge in [-0.15, -0.1) is 0 Å². The fourth-order valence-corrected chi connectivity index (χ4v) is 2.47. The summed E-state index contributed by atoms with van der Waals surface area (Å²) in [5.74, 6) is 0.283. The van der Waals surface area contributed by atoms with Crippen LogP contribution in [0.3, 0.4) is 0 Å². The highest BCUT2D eigenvalue weighted by Crippen LogP contribution is 2.11. The molecule has 2 rings (SSSR count). The number of aliphatic hydroxyl groups is 1. The van der Waals surface area contributed by atoms with Gasteiger partial charge >= 0.3 is 0 Å². The van der Waals surface area contributed by atoms with Gasteiger partial charge in [0.1, 0.15) is 24.3 Å². The van der Waals surface area contributed by atoms with Gasteiger partial charge in [0.15, 0.2) is 0 Å². The second kappa shape index (κ2) is 8.97. The Morgan fingerprint density at radius 1 is 1.19 bits per heavy atom. The molecule has 1 atom stereocenters. The van der Waals surface area contributed by atoms with Crippen molar-refractivity contribution in [2.45, 2.75) is 25.4 Å². The van der Waals surface area contributed by atoms with E-state index < -0.39 is 6.10 Å². The molecule has 0 radical (unpaired) electrons. The molecule has 2 N–H and O–H groups in total. The summed E-state index contributed by atoms with van der Waals surface area (Å²) < 4.78 is 18.1. The first-order valence-electron chi connectivity index (χ1n) is 7.73. The summed E-state index contributed by atoms with van der Waals surface area (Å²) in [5, 5.41) is 13.1. The number of halogens is 1. The first-order valence-corrected chi connectivity index (χ1v) is 7.73. The molecule has 1 aliphatic heterocycles. The first-order chi connectivity index (χ1) is 10.2. The summed E-state index contributed by atoms with van der Waals surface area (Å²) >= 11 is 0. The number of hydrogen-bond acceptors (Lipinski definition) is 4. The van der Waals surface area contributed by atoms with E-state index in [9.17, 15) is 9.50 Å². The molecule has 5 heteroatoms. The monoisotopic (exact) mass is 296 g/mol. The van der Waals surface area contributed by atoms with Crippen LogP contribution in [-0.4, -0.2) is 55.4 Å². The van der Waals surface area contributed by atoms with Gasteiger partial charge in [-0.05, 0) is 50.2 Å². The summed E-state index contributed by atoms with van der Waals surface area (Å²) in [5.41, 5.74) is 0. The molecule has 0 saturated carbocycles. The summed E-state index contributed by atoms with van der Waals surface area (Å²) in [6.45, 7) is 5.02. The molecule has 1 saturated heterocycles. The van der Waals surface area contributed by atoms with Crippen LogP contribution >= 0.6 is 0 Å². The second-order valence-corrected chi connectivity index (χ2v) is 5.53. The van der Waals surface area contributed by atoms with E-state index >= 15 is 0 Å². The Balaban J connectivity index is 1.52. The van der Waals surface area contributed by atoms with Crippen molar-refractivity contribution in [1.82, 2.24) is 10.2 Å². The number of nitrogens with one attached hydrogen (secondary N) is 1. The molecule has 0 bridgehead atoms. The first kappa shape index (κ1) is 16.2. The minimum atomic E-state index is -0.559. The lowest BCUT2D eigenvalue weighted by molar-refractivity contribution is 0.105. The van der Waals surface area contributed by atoms with E-state index in [-0.39, 0.29) is 12.4 Å². The van der Waals surface area contributed by atoms with Gasteiger partial charge in [0, 0.05) is 19.6 Å². The van der Waals surface area contributed by atoms with E-state index in [1.807, 2.05) is 0 Å². The van der Waals surface area contributed by atoms with Crippen LogP contribution < -0.4 is 10.1 Å². The molecule has 1 aromatic rings. The summed E-state index contributed by atoms with van der Waals surface area (Å²) in [7, 11) is 0. The Morgan fingerprint density at radius 2 is 1.90 bits per heavy atom. The van der Waals surface area contributed by atoms with E-state index in [1.165, 1.54) is 44.5 Å². The average molecular weight is 296 g/mol. The van der Waals surface area contributed by atoms with Gasteiger partial charge in [-0.2, -0.15) is 0 Å². The average Bonchev–Trinajstić information content (AvgIpc) is 2.52. The molecular weight excluding hydrogens is 271 g/mol. The largest absolute Gasteiger partial charge is 0.491 e. The van der Waals surface area contributed by atoms with Gasteiger partial charge in [-0.25, -0.2) is 4.39 Å². The Bertz CT molecular complexity index is 394. The van der Waals surface area contributed by atoms with E-state index in [2.05, 4.69) is 10.2 Å². The summed E-state index contributed by atoms with van der Waals surface area (Å²) in [6, 6.07) is 5.81. The van der Waals surface area contributed by atoms with Gasteiger partial charge in [0.25, 0.3) is 0 Å². The minimum absolute atomic E-state index is 0.211. The summed E-state index contributed by atoms with van der Waals surface area (Å²) in [4.78, 5) is 2.46. The van der Waals surface area contributed by atoms with Crippen molar-refractivity contribution < 1.29 is 14.2 Å². The van der Waals surface area contributed by atoms with Crippen LogP contribution in [0.2, 0.25) is 0 Å². The molecule has 1 unspecified atom stereocenters. The molecule has 1 aromatic carbocycles. The van der Waals surface area contributed by atoms with Gasteiger partial charge in [-0.1, -0.05) is 6.42 Å². The van der Waals surface area contributed by atoms with Crippen molar-refractivity contribution in [3.05, 3.63) is 30.1 Å². The standard InChI is InChI=1S/C16H25FN2O2/c17-14-4-6-16(7-5-14)21-13-15(20)12-18-8-11-19-9-2-1-3-10-19/h4-7,15,18,20H,1-3,8-13H2. The fourth-order valence-electron chi connectivity index (χ4n) is 2.47. The van der Waals surface area contributed by atoms with Crippen LogP contribution in [0.15, 0.2) is 24.3 Å². The molecule has 0 aliphatic carbocycles. The molecule has 1 fully saturated rings. The maximum atomic E-state index is 12.7. The van der Waals surface area contributed by atoms with Gasteiger partial charge < -0.3 is 20.1 Å². The predicted molar refractivity (Wildman–Crippen MR) is 81.1 cm³/mol. The second-order valence-electron chi connectivity index (χ2n) is 5.53. The van der Waals surface area contributed by atoms with Crippen LogP contribution in [0.1, 0.15) is 19.3 Å². The molecule has 4 nitrogen and oxygen atoms in total. The van der Waals surface area contributed by atoms with Gasteiger partial charge in [-0.3, -0.25) is 0 Å².